The Labute approximate surface area is 200 Å². The van der Waals surface area contributed by atoms with Gasteiger partial charge in [-0.05, 0) is 0 Å². The van der Waals surface area contributed by atoms with E-state index in [1.807, 2.05) is 48.5 Å². The molecule has 0 saturated heterocycles. The van der Waals surface area contributed by atoms with Crippen molar-refractivity contribution in [3.8, 4) is 11.5 Å². The Kier molecular flexibility index (Phi) is 6.16. The molecule has 0 bridgehead atoms. The molecule has 31 heavy (non-hydrogen) atoms. The molecule has 4 rings (SSSR count). The van der Waals surface area contributed by atoms with Gasteiger partial charge in [-0.25, -0.2) is 0 Å². The van der Waals surface area contributed by atoms with Gasteiger partial charge < -0.3 is 0 Å². The van der Waals surface area contributed by atoms with Crippen LogP contribution in [0.15, 0.2) is 96.1 Å². The Hall–Kier alpha value is -1.54. The second-order valence-electron chi connectivity index (χ2n) is 8.69. The van der Waals surface area contributed by atoms with E-state index in [0.29, 0.717) is 21.5 Å². The predicted molar refractivity (Wildman–Crippen MR) is 127 cm³/mol. The van der Waals surface area contributed by atoms with Crippen molar-refractivity contribution in [3.05, 3.63) is 106 Å². The number of hydrogen-bond acceptors (Lipinski definition) is 2. The van der Waals surface area contributed by atoms with Gasteiger partial charge in [0, 0.05) is 0 Å². The molecule has 0 fully saturated rings. The molecule has 2 unspecified atom stereocenters. The minimum atomic E-state index is -4.37. The first-order chi connectivity index (χ1) is 14.7. The van der Waals surface area contributed by atoms with Crippen LogP contribution in [0.5, 0.6) is 11.5 Å². The molecule has 2 aromatic carbocycles. The molecule has 0 amide bonds. The zero-order chi connectivity index (χ0) is 22.3. The zero-order valence-corrected chi connectivity index (χ0v) is 22.1. The van der Waals surface area contributed by atoms with Crippen molar-refractivity contribution in [2.24, 2.45) is 0 Å². The van der Waals surface area contributed by atoms with Crippen LogP contribution in [0.3, 0.4) is 0 Å². The van der Waals surface area contributed by atoms with E-state index in [1.165, 1.54) is 11.1 Å². The molecule has 0 saturated carbocycles. The van der Waals surface area contributed by atoms with Gasteiger partial charge in [0.25, 0.3) is 0 Å². The summed E-state index contributed by atoms with van der Waals surface area (Å²) in [4.78, 5) is 0. The summed E-state index contributed by atoms with van der Waals surface area (Å²) in [6.45, 7) is 8.64. The molecule has 2 aromatic rings. The van der Waals surface area contributed by atoms with Gasteiger partial charge in [-0.1, -0.05) is 0 Å². The number of hydrogen-bond donors (Lipinski definition) is 0. The molecule has 0 aliphatic heterocycles. The molecular weight excluding hydrogens is 506 g/mol. The summed E-state index contributed by atoms with van der Waals surface area (Å²) in [6, 6.07) is 15.2. The summed E-state index contributed by atoms with van der Waals surface area (Å²) in [5.74, 6) is 1.29. The van der Waals surface area contributed by atoms with E-state index >= 15 is 0 Å². The summed E-state index contributed by atoms with van der Waals surface area (Å²) < 4.78 is 13.3. The van der Waals surface area contributed by atoms with E-state index in [9.17, 15) is 0 Å². The monoisotopic (exact) mass is 530 g/mol. The third kappa shape index (κ3) is 4.01. The average Bonchev–Trinajstić information content (AvgIpc) is 3.27. The fourth-order valence-electron chi connectivity index (χ4n) is 4.56. The molecule has 5 heteroatoms. The molecule has 0 N–H and O–H groups in total. The molecular formula is C26H26Cl2O2Zr. The molecule has 2 atom stereocenters. The van der Waals surface area contributed by atoms with Crippen molar-refractivity contribution < 1.29 is 26.8 Å². The van der Waals surface area contributed by atoms with Crippen LogP contribution in [0.1, 0.15) is 27.7 Å². The van der Waals surface area contributed by atoms with Crippen molar-refractivity contribution in [3.63, 3.8) is 0 Å². The predicted octanol–water partition coefficient (Wildman–Crippen LogP) is 8.82. The second kappa shape index (κ2) is 8.43. The first-order valence-corrected chi connectivity index (χ1v) is 15.5. The molecule has 2 aliphatic carbocycles. The van der Waals surface area contributed by atoms with Gasteiger partial charge in [-0.2, -0.15) is 0 Å². The van der Waals surface area contributed by atoms with Crippen molar-refractivity contribution >= 4 is 23.2 Å². The molecule has 2 nitrogen and oxygen atoms in total. The fraction of sp³-hybridized carbons (Fsp3) is 0.231. The summed E-state index contributed by atoms with van der Waals surface area (Å²) in [6.07, 6.45) is 13.3. The summed E-state index contributed by atoms with van der Waals surface area (Å²) >= 11 is 8.80. The standard InChI is InChI=1S/2C7H9.2C6H5ClO.Zr/c2*1-6-3-4-7(2)5-6;2*7-5-3-1-2-4-6(5)8;/h2*3-5H,1-2H3;2*1-4,8H;/q;;;;+2/p-2. The summed E-state index contributed by atoms with van der Waals surface area (Å²) in [5, 5.41) is 1.15. The number of benzene rings is 2. The van der Waals surface area contributed by atoms with Crippen LogP contribution in [0, 0.1) is 0 Å². The van der Waals surface area contributed by atoms with E-state index in [4.69, 9.17) is 28.8 Å². The van der Waals surface area contributed by atoms with E-state index in [1.54, 1.807) is 0 Å². The molecule has 0 radical (unpaired) electrons. The first-order valence-electron chi connectivity index (χ1n) is 10.3. The second-order valence-corrected chi connectivity index (χ2v) is 18.8. The topological polar surface area (TPSA) is 18.5 Å². The Morgan fingerprint density at radius 2 is 1.06 bits per heavy atom. The van der Waals surface area contributed by atoms with Crippen LogP contribution in [-0.4, -0.2) is 0 Å². The van der Waals surface area contributed by atoms with Gasteiger partial charge in [-0.3, -0.25) is 0 Å². The van der Waals surface area contributed by atoms with Gasteiger partial charge in [0.15, 0.2) is 0 Å². The summed E-state index contributed by atoms with van der Waals surface area (Å²) in [7, 11) is 0. The average molecular weight is 533 g/mol. The van der Waals surface area contributed by atoms with Crippen LogP contribution in [0.4, 0.5) is 0 Å². The van der Waals surface area contributed by atoms with Crippen molar-refractivity contribution in [1.29, 1.82) is 0 Å². The van der Waals surface area contributed by atoms with Crippen molar-refractivity contribution in [2.45, 2.75) is 33.9 Å². The Balaban J connectivity index is 1.99. The van der Waals surface area contributed by atoms with Crippen molar-refractivity contribution in [2.75, 3.05) is 0 Å². The Morgan fingerprint density at radius 1 is 0.677 bits per heavy atom. The van der Waals surface area contributed by atoms with Crippen LogP contribution >= 0.6 is 23.2 Å². The number of allylic oxidation sites excluding steroid dienone is 8. The van der Waals surface area contributed by atoms with Crippen molar-refractivity contribution in [1.82, 2.24) is 0 Å². The summed E-state index contributed by atoms with van der Waals surface area (Å²) in [5.41, 5.74) is 2.39. The Morgan fingerprint density at radius 3 is 1.39 bits per heavy atom. The number of rotatable bonds is 6. The van der Waals surface area contributed by atoms with Gasteiger partial charge in [0.1, 0.15) is 0 Å². The third-order valence-electron chi connectivity index (χ3n) is 6.04. The fourth-order valence-corrected chi connectivity index (χ4v) is 16.3. The molecule has 2 aliphatic rings. The Bertz CT molecular complexity index is 1040. The van der Waals surface area contributed by atoms with Crippen LogP contribution in [0.25, 0.3) is 0 Å². The molecule has 0 spiro atoms. The van der Waals surface area contributed by atoms with E-state index in [2.05, 4.69) is 64.2 Å². The normalized spacial score (nSPS) is 24.8. The van der Waals surface area contributed by atoms with E-state index in [-0.39, 0.29) is 0 Å². The number of halogens is 2. The van der Waals surface area contributed by atoms with Gasteiger partial charge in [0.2, 0.25) is 0 Å². The number of para-hydroxylation sites is 2. The van der Waals surface area contributed by atoms with Gasteiger partial charge in [0.05, 0.1) is 0 Å². The minimum absolute atomic E-state index is 0.405. The maximum absolute atomic E-state index is 7.07. The van der Waals surface area contributed by atoms with Gasteiger partial charge in [-0.15, -0.1) is 0 Å². The molecule has 0 heterocycles. The van der Waals surface area contributed by atoms with Gasteiger partial charge >= 0.3 is 202 Å². The SMILES string of the molecule is CC1=C[C](C)([Zr]([O]c2ccccc2Cl)([O]c2ccccc2Cl)[C]2(C)C=CC(C)=C2)C=C1. The van der Waals surface area contributed by atoms with Crippen LogP contribution < -0.4 is 5.63 Å². The molecule has 160 valence electrons. The zero-order valence-electron chi connectivity index (χ0n) is 18.2. The van der Waals surface area contributed by atoms with E-state index in [0.717, 1.165) is 0 Å². The third-order valence-corrected chi connectivity index (χ3v) is 17.7. The van der Waals surface area contributed by atoms with Crippen LogP contribution in [0.2, 0.25) is 16.3 Å². The van der Waals surface area contributed by atoms with E-state index < -0.39 is 27.4 Å². The first kappa shape index (κ1) is 22.6. The quantitative estimate of drug-likeness (QED) is 0.370. The maximum atomic E-state index is 7.07. The van der Waals surface area contributed by atoms with Crippen LogP contribution in [-0.2, 0) is 21.1 Å². The molecule has 0 aromatic heterocycles.